The normalized spacial score (nSPS) is 16.7. The highest BCUT2D eigenvalue weighted by atomic mass is 35.5. The zero-order chi connectivity index (χ0) is 15.0. The predicted molar refractivity (Wildman–Crippen MR) is 81.2 cm³/mol. The molecule has 0 aromatic heterocycles. The third kappa shape index (κ3) is 2.60. The molecule has 1 heterocycles. The molecule has 4 nitrogen and oxygen atoms in total. The molecular weight excluding hydrogens is 313 g/mol. The second-order valence-corrected chi connectivity index (χ2v) is 5.35. The fourth-order valence-corrected chi connectivity index (χ4v) is 2.50. The fourth-order valence-electron chi connectivity index (χ4n) is 2.19. The molecular formula is C15H9Cl2NO3. The van der Waals surface area contributed by atoms with Crippen LogP contribution in [0.25, 0.3) is 6.08 Å². The van der Waals surface area contributed by atoms with Crippen LogP contribution in [-0.4, -0.2) is 4.92 Å². The van der Waals surface area contributed by atoms with Crippen molar-refractivity contribution in [3.63, 3.8) is 0 Å². The maximum absolute atomic E-state index is 11.3. The molecule has 0 fully saturated rings. The van der Waals surface area contributed by atoms with Gasteiger partial charge in [0.1, 0.15) is 5.75 Å². The van der Waals surface area contributed by atoms with E-state index in [1.54, 1.807) is 36.4 Å². The minimum absolute atomic E-state index is 0.0351. The Morgan fingerprint density at radius 3 is 2.57 bits per heavy atom. The Labute approximate surface area is 130 Å². The maximum Gasteiger partial charge on any atom is 0.291 e. The number of para-hydroxylation sites is 1. The van der Waals surface area contributed by atoms with Crippen LogP contribution < -0.4 is 4.74 Å². The molecule has 0 radical (unpaired) electrons. The molecule has 0 bridgehead atoms. The first-order chi connectivity index (χ1) is 10.1. The third-order valence-corrected chi connectivity index (χ3v) is 3.93. The molecule has 0 spiro atoms. The Balaban J connectivity index is 2.10. The van der Waals surface area contributed by atoms with Gasteiger partial charge in [0.25, 0.3) is 5.70 Å². The Morgan fingerprint density at radius 2 is 1.86 bits per heavy atom. The molecule has 21 heavy (non-hydrogen) atoms. The molecule has 2 aromatic rings. The molecule has 6 heteroatoms. The van der Waals surface area contributed by atoms with E-state index in [0.29, 0.717) is 26.9 Å². The molecule has 0 N–H and O–H groups in total. The summed E-state index contributed by atoms with van der Waals surface area (Å²) >= 11 is 11.9. The lowest BCUT2D eigenvalue weighted by Gasteiger charge is -2.22. The standard InChI is InChI=1S/C15H9Cl2NO3/c16-11-6-5-10(7-12(11)17)15-13(18(19)20)8-9-3-1-2-4-14(9)21-15/h1-8,15H. The van der Waals surface area contributed by atoms with Gasteiger partial charge in [-0.2, -0.15) is 0 Å². The van der Waals surface area contributed by atoms with Crippen LogP contribution in [0.15, 0.2) is 48.2 Å². The molecule has 1 atom stereocenters. The van der Waals surface area contributed by atoms with E-state index < -0.39 is 11.0 Å². The largest absolute Gasteiger partial charge is 0.474 e. The molecule has 0 saturated carbocycles. The first-order valence-electron chi connectivity index (χ1n) is 6.13. The molecule has 1 aliphatic rings. The van der Waals surface area contributed by atoms with E-state index in [-0.39, 0.29) is 5.70 Å². The highest BCUT2D eigenvalue weighted by Crippen LogP contribution is 2.38. The molecule has 2 aromatic carbocycles. The van der Waals surface area contributed by atoms with Crippen LogP contribution in [0.1, 0.15) is 17.2 Å². The molecule has 0 aliphatic carbocycles. The Morgan fingerprint density at radius 1 is 1.10 bits per heavy atom. The first kappa shape index (κ1) is 13.9. The topological polar surface area (TPSA) is 52.4 Å². The summed E-state index contributed by atoms with van der Waals surface area (Å²) in [7, 11) is 0. The number of nitrogens with zero attached hydrogens (tertiary/aromatic N) is 1. The van der Waals surface area contributed by atoms with Gasteiger partial charge in [0, 0.05) is 17.2 Å². The van der Waals surface area contributed by atoms with E-state index in [2.05, 4.69) is 0 Å². The lowest BCUT2D eigenvalue weighted by Crippen LogP contribution is -2.19. The number of nitro groups is 1. The third-order valence-electron chi connectivity index (χ3n) is 3.19. The number of halogens is 2. The fraction of sp³-hybridized carbons (Fsp3) is 0.0667. The van der Waals surface area contributed by atoms with Crippen molar-refractivity contribution in [2.75, 3.05) is 0 Å². The van der Waals surface area contributed by atoms with Crippen molar-refractivity contribution in [3.05, 3.63) is 79.4 Å². The summed E-state index contributed by atoms with van der Waals surface area (Å²) in [6.45, 7) is 0. The van der Waals surface area contributed by atoms with E-state index in [1.807, 2.05) is 6.07 Å². The molecule has 3 rings (SSSR count). The van der Waals surface area contributed by atoms with Crippen LogP contribution in [0.4, 0.5) is 0 Å². The van der Waals surface area contributed by atoms with Crippen molar-refractivity contribution < 1.29 is 9.66 Å². The Hall–Kier alpha value is -2.04. The lowest BCUT2D eigenvalue weighted by molar-refractivity contribution is -0.434. The monoisotopic (exact) mass is 321 g/mol. The molecule has 0 amide bonds. The number of ether oxygens (including phenoxy) is 1. The van der Waals surface area contributed by atoms with E-state index in [4.69, 9.17) is 27.9 Å². The molecule has 0 saturated heterocycles. The second kappa shape index (κ2) is 5.39. The van der Waals surface area contributed by atoms with Crippen molar-refractivity contribution in [2.45, 2.75) is 6.10 Å². The first-order valence-corrected chi connectivity index (χ1v) is 6.88. The van der Waals surface area contributed by atoms with Crippen molar-refractivity contribution in [1.82, 2.24) is 0 Å². The average Bonchev–Trinajstić information content (AvgIpc) is 2.48. The van der Waals surface area contributed by atoms with Crippen molar-refractivity contribution >= 4 is 29.3 Å². The van der Waals surface area contributed by atoms with Crippen LogP contribution in [0.5, 0.6) is 5.75 Å². The van der Waals surface area contributed by atoms with Crippen molar-refractivity contribution in [1.29, 1.82) is 0 Å². The average molecular weight is 322 g/mol. The SMILES string of the molecule is O=[N+]([O-])C1=Cc2ccccc2OC1c1ccc(Cl)c(Cl)c1. The number of hydrogen-bond acceptors (Lipinski definition) is 3. The van der Waals surface area contributed by atoms with Gasteiger partial charge in [0.2, 0.25) is 6.10 Å². The van der Waals surface area contributed by atoms with Crippen LogP contribution >= 0.6 is 23.2 Å². The van der Waals surface area contributed by atoms with Crippen molar-refractivity contribution in [2.24, 2.45) is 0 Å². The maximum atomic E-state index is 11.3. The predicted octanol–water partition coefficient (Wildman–Crippen LogP) is 4.74. The van der Waals surface area contributed by atoms with Gasteiger partial charge in [-0.15, -0.1) is 0 Å². The smallest absolute Gasteiger partial charge is 0.291 e. The Kier molecular flexibility index (Phi) is 3.57. The quantitative estimate of drug-likeness (QED) is 0.592. The van der Waals surface area contributed by atoms with E-state index in [9.17, 15) is 10.1 Å². The van der Waals surface area contributed by atoms with Gasteiger partial charge in [-0.3, -0.25) is 10.1 Å². The number of benzene rings is 2. The van der Waals surface area contributed by atoms with E-state index in [0.717, 1.165) is 0 Å². The lowest BCUT2D eigenvalue weighted by atomic mass is 10.0. The van der Waals surface area contributed by atoms with Crippen LogP contribution in [0, 0.1) is 10.1 Å². The highest BCUT2D eigenvalue weighted by Gasteiger charge is 2.33. The number of hydrogen-bond donors (Lipinski definition) is 0. The molecule has 106 valence electrons. The van der Waals surface area contributed by atoms with Crippen LogP contribution in [0.2, 0.25) is 10.0 Å². The van der Waals surface area contributed by atoms with E-state index in [1.165, 1.54) is 6.08 Å². The van der Waals surface area contributed by atoms with Crippen molar-refractivity contribution in [3.8, 4) is 5.75 Å². The molecule has 1 aliphatic heterocycles. The van der Waals surface area contributed by atoms with Gasteiger partial charge >= 0.3 is 0 Å². The van der Waals surface area contributed by atoms with Gasteiger partial charge in [0.05, 0.1) is 15.0 Å². The zero-order valence-electron chi connectivity index (χ0n) is 10.6. The van der Waals surface area contributed by atoms with Gasteiger partial charge in [0.15, 0.2) is 0 Å². The second-order valence-electron chi connectivity index (χ2n) is 4.54. The summed E-state index contributed by atoms with van der Waals surface area (Å²) in [4.78, 5) is 10.9. The van der Waals surface area contributed by atoms with Gasteiger partial charge in [-0.1, -0.05) is 47.5 Å². The van der Waals surface area contributed by atoms with Crippen LogP contribution in [-0.2, 0) is 0 Å². The van der Waals surface area contributed by atoms with Gasteiger partial charge in [-0.05, 0) is 18.2 Å². The summed E-state index contributed by atoms with van der Waals surface area (Å²) in [5.41, 5.74) is 1.23. The summed E-state index contributed by atoms with van der Waals surface area (Å²) < 4.78 is 5.78. The number of rotatable bonds is 2. The zero-order valence-corrected chi connectivity index (χ0v) is 12.1. The van der Waals surface area contributed by atoms with Gasteiger partial charge < -0.3 is 4.74 Å². The Bertz CT molecular complexity index is 758. The summed E-state index contributed by atoms with van der Waals surface area (Å²) in [5.74, 6) is 0.596. The molecule has 1 unspecified atom stereocenters. The highest BCUT2D eigenvalue weighted by molar-refractivity contribution is 6.42. The minimum atomic E-state index is -0.815. The summed E-state index contributed by atoms with van der Waals surface area (Å²) in [6.07, 6.45) is 0.705. The summed E-state index contributed by atoms with van der Waals surface area (Å²) in [5, 5.41) is 12.0. The van der Waals surface area contributed by atoms with Gasteiger partial charge in [-0.25, -0.2) is 0 Å². The summed E-state index contributed by atoms with van der Waals surface area (Å²) in [6, 6.07) is 12.0. The minimum Gasteiger partial charge on any atom is -0.474 e. The van der Waals surface area contributed by atoms with E-state index >= 15 is 0 Å². The van der Waals surface area contributed by atoms with Crippen LogP contribution in [0.3, 0.4) is 0 Å². The number of fused-ring (bicyclic) bond motifs is 1.